The second-order valence-corrected chi connectivity index (χ2v) is 6.26. The fourth-order valence-corrected chi connectivity index (χ4v) is 2.92. The Morgan fingerprint density at radius 2 is 2.04 bits per heavy atom. The lowest BCUT2D eigenvalue weighted by Crippen LogP contribution is -2.45. The van der Waals surface area contributed by atoms with Crippen LogP contribution in [0.2, 0.25) is 0 Å². The normalized spacial score (nSPS) is 20.4. The van der Waals surface area contributed by atoms with Crippen LogP contribution in [0.1, 0.15) is 29.8 Å². The number of aromatic nitrogens is 2. The summed E-state index contributed by atoms with van der Waals surface area (Å²) in [7, 11) is 0. The smallest absolute Gasteiger partial charge is 0.257 e. The highest BCUT2D eigenvalue weighted by Crippen LogP contribution is 2.19. The molecule has 7 heteroatoms. The van der Waals surface area contributed by atoms with Gasteiger partial charge in [-0.25, -0.2) is 4.98 Å². The Morgan fingerprint density at radius 1 is 1.28 bits per heavy atom. The van der Waals surface area contributed by atoms with Gasteiger partial charge in [0.05, 0.1) is 36.3 Å². The lowest BCUT2D eigenvalue weighted by Gasteiger charge is -2.36. The third-order valence-electron chi connectivity index (χ3n) is 3.99. The Bertz CT molecular complexity index is 725. The second-order valence-electron chi connectivity index (χ2n) is 6.26. The van der Waals surface area contributed by atoms with Gasteiger partial charge >= 0.3 is 0 Å². The molecule has 0 aromatic carbocycles. The summed E-state index contributed by atoms with van der Waals surface area (Å²) in [6, 6.07) is 5.29. The molecule has 25 heavy (non-hydrogen) atoms. The number of aliphatic hydroxyl groups is 1. The van der Waals surface area contributed by atoms with Crippen molar-refractivity contribution in [2.24, 2.45) is 0 Å². The summed E-state index contributed by atoms with van der Waals surface area (Å²) in [5.74, 6) is 0.571. The van der Waals surface area contributed by atoms with Gasteiger partial charge in [-0.2, -0.15) is 0 Å². The van der Waals surface area contributed by atoms with E-state index in [0.717, 1.165) is 18.9 Å². The minimum absolute atomic E-state index is 0.122. The molecule has 1 saturated heterocycles. The molecule has 7 nitrogen and oxygen atoms in total. The monoisotopic (exact) mass is 342 g/mol. The largest absolute Gasteiger partial charge is 0.392 e. The number of ether oxygens (including phenoxy) is 1. The zero-order valence-electron chi connectivity index (χ0n) is 14.3. The zero-order chi connectivity index (χ0) is 17.8. The third-order valence-corrected chi connectivity index (χ3v) is 3.99. The summed E-state index contributed by atoms with van der Waals surface area (Å²) >= 11 is 0. The van der Waals surface area contributed by atoms with Gasteiger partial charge in [-0.3, -0.25) is 9.78 Å². The van der Waals surface area contributed by atoms with Crippen LogP contribution in [0.3, 0.4) is 0 Å². The lowest BCUT2D eigenvalue weighted by atomic mass is 10.2. The van der Waals surface area contributed by atoms with E-state index < -0.39 is 0 Å². The molecule has 2 unspecified atom stereocenters. The van der Waals surface area contributed by atoms with Crippen LogP contribution in [0.15, 0.2) is 36.8 Å². The van der Waals surface area contributed by atoms with Gasteiger partial charge in [-0.1, -0.05) is 0 Å². The van der Waals surface area contributed by atoms with Gasteiger partial charge in [-0.05, 0) is 37.6 Å². The van der Waals surface area contributed by atoms with Crippen molar-refractivity contribution >= 4 is 17.4 Å². The second kappa shape index (κ2) is 7.58. The molecule has 1 fully saturated rings. The first-order chi connectivity index (χ1) is 12.0. The number of carbonyl (C=O) groups is 1. The number of amides is 1. The van der Waals surface area contributed by atoms with E-state index in [1.165, 1.54) is 6.20 Å². The number of hydrogen-bond acceptors (Lipinski definition) is 6. The van der Waals surface area contributed by atoms with Crippen LogP contribution in [0.4, 0.5) is 11.5 Å². The van der Waals surface area contributed by atoms with Crippen LogP contribution in [0.5, 0.6) is 0 Å². The van der Waals surface area contributed by atoms with Crippen LogP contribution < -0.4 is 10.2 Å². The molecule has 3 rings (SSSR count). The minimum Gasteiger partial charge on any atom is -0.392 e. The number of aliphatic hydroxyl groups excluding tert-OH is 1. The molecular formula is C18H22N4O3. The Morgan fingerprint density at radius 3 is 2.68 bits per heavy atom. The molecule has 1 amide bonds. The molecule has 0 radical (unpaired) electrons. The van der Waals surface area contributed by atoms with E-state index in [1.54, 1.807) is 24.5 Å². The predicted octanol–water partition coefficient (Wildman–Crippen LogP) is 1.83. The van der Waals surface area contributed by atoms with Crippen molar-refractivity contribution in [1.82, 2.24) is 9.97 Å². The number of morpholine rings is 1. The Labute approximate surface area is 146 Å². The van der Waals surface area contributed by atoms with Crippen molar-refractivity contribution in [1.29, 1.82) is 0 Å². The van der Waals surface area contributed by atoms with Crippen molar-refractivity contribution < 1.29 is 14.6 Å². The van der Waals surface area contributed by atoms with E-state index >= 15 is 0 Å². The van der Waals surface area contributed by atoms with Crippen LogP contribution >= 0.6 is 0 Å². The summed E-state index contributed by atoms with van der Waals surface area (Å²) < 4.78 is 5.73. The molecule has 2 aromatic heterocycles. The topological polar surface area (TPSA) is 87.6 Å². The average Bonchev–Trinajstić information content (AvgIpc) is 2.61. The summed E-state index contributed by atoms with van der Waals surface area (Å²) in [5.41, 5.74) is 1.64. The van der Waals surface area contributed by atoms with E-state index in [-0.39, 0.29) is 24.7 Å². The Balaban J connectivity index is 1.68. The summed E-state index contributed by atoms with van der Waals surface area (Å²) in [6.07, 6.45) is 4.96. The molecule has 0 saturated carbocycles. The molecule has 1 aliphatic heterocycles. The van der Waals surface area contributed by atoms with Crippen LogP contribution in [-0.4, -0.2) is 46.3 Å². The van der Waals surface area contributed by atoms with E-state index in [9.17, 15) is 4.79 Å². The van der Waals surface area contributed by atoms with Gasteiger partial charge < -0.3 is 20.1 Å². The Kier molecular flexibility index (Phi) is 5.25. The summed E-state index contributed by atoms with van der Waals surface area (Å²) in [6.45, 7) is 5.52. The number of carbonyl (C=O) groups excluding carboxylic acids is 1. The van der Waals surface area contributed by atoms with Crippen molar-refractivity contribution in [2.45, 2.75) is 32.7 Å². The fourth-order valence-electron chi connectivity index (χ4n) is 2.92. The highest BCUT2D eigenvalue weighted by molar-refractivity contribution is 6.04. The van der Waals surface area contributed by atoms with Gasteiger partial charge in [0, 0.05) is 25.5 Å². The predicted molar refractivity (Wildman–Crippen MR) is 94.6 cm³/mol. The first-order valence-electron chi connectivity index (χ1n) is 8.27. The van der Waals surface area contributed by atoms with Crippen LogP contribution in [0, 0.1) is 0 Å². The molecule has 0 bridgehead atoms. The van der Waals surface area contributed by atoms with Crippen molar-refractivity contribution in [2.75, 3.05) is 23.3 Å². The Hall–Kier alpha value is -2.51. The molecule has 0 aliphatic carbocycles. The first kappa shape index (κ1) is 17.3. The van der Waals surface area contributed by atoms with E-state index in [0.29, 0.717) is 16.8 Å². The first-order valence-corrected chi connectivity index (χ1v) is 8.27. The quantitative estimate of drug-likeness (QED) is 0.881. The molecule has 2 atom stereocenters. The number of pyridine rings is 2. The summed E-state index contributed by atoms with van der Waals surface area (Å²) in [5, 5.41) is 11.9. The molecule has 0 spiro atoms. The molecular weight excluding hydrogens is 320 g/mol. The van der Waals surface area contributed by atoms with Gasteiger partial charge in [0.25, 0.3) is 5.91 Å². The van der Waals surface area contributed by atoms with Crippen LogP contribution in [-0.2, 0) is 11.3 Å². The maximum atomic E-state index is 12.3. The van der Waals surface area contributed by atoms with E-state index in [2.05, 4.69) is 20.2 Å². The SMILES string of the molecule is CC1CN(c2ccc(C(=O)Nc3cncc(CO)c3)cn2)CC(C)O1. The van der Waals surface area contributed by atoms with Crippen molar-refractivity contribution in [3.63, 3.8) is 0 Å². The molecule has 2 aromatic rings. The standard InChI is InChI=1S/C18H22N4O3/c1-12-9-22(10-13(2)25-12)17-4-3-15(7-20-17)18(24)21-16-5-14(11-23)6-19-8-16/h3-8,12-13,23H,9-11H2,1-2H3,(H,21,24). The molecule has 132 valence electrons. The van der Waals surface area contributed by atoms with E-state index in [4.69, 9.17) is 9.84 Å². The maximum absolute atomic E-state index is 12.3. The van der Waals surface area contributed by atoms with Crippen molar-refractivity contribution in [3.8, 4) is 0 Å². The van der Waals surface area contributed by atoms with Crippen molar-refractivity contribution in [3.05, 3.63) is 47.9 Å². The maximum Gasteiger partial charge on any atom is 0.257 e. The number of nitrogens with zero attached hydrogens (tertiary/aromatic N) is 3. The number of hydrogen-bond donors (Lipinski definition) is 2. The van der Waals surface area contributed by atoms with Crippen LogP contribution in [0.25, 0.3) is 0 Å². The minimum atomic E-state index is -0.264. The van der Waals surface area contributed by atoms with Gasteiger partial charge in [-0.15, -0.1) is 0 Å². The molecule has 2 N–H and O–H groups in total. The third kappa shape index (κ3) is 4.32. The number of anilines is 2. The van der Waals surface area contributed by atoms with Gasteiger partial charge in [0.2, 0.25) is 0 Å². The number of nitrogens with one attached hydrogen (secondary N) is 1. The highest BCUT2D eigenvalue weighted by Gasteiger charge is 2.23. The molecule has 3 heterocycles. The fraction of sp³-hybridized carbons (Fsp3) is 0.389. The lowest BCUT2D eigenvalue weighted by molar-refractivity contribution is -0.00546. The zero-order valence-corrected chi connectivity index (χ0v) is 14.3. The van der Waals surface area contributed by atoms with Gasteiger partial charge in [0.1, 0.15) is 5.82 Å². The van der Waals surface area contributed by atoms with E-state index in [1.807, 2.05) is 19.9 Å². The summed E-state index contributed by atoms with van der Waals surface area (Å²) in [4.78, 5) is 22.9. The molecule has 1 aliphatic rings. The highest BCUT2D eigenvalue weighted by atomic mass is 16.5. The number of rotatable bonds is 4. The van der Waals surface area contributed by atoms with Gasteiger partial charge in [0.15, 0.2) is 0 Å². The average molecular weight is 342 g/mol.